The largest absolute Gasteiger partial charge is 0.374 e. The van der Waals surface area contributed by atoms with Crippen molar-refractivity contribution in [2.24, 2.45) is 5.92 Å². The fraction of sp³-hybridized carbons (Fsp3) is 0.632. The Kier molecular flexibility index (Phi) is 4.70. The Morgan fingerprint density at radius 3 is 3.00 bits per heavy atom. The molecule has 0 bridgehead atoms. The van der Waals surface area contributed by atoms with Crippen LogP contribution in [0.15, 0.2) is 24.4 Å². The standard InChI is InChI=1S/C19H25N3O3/c23-18-11-14(12-21(18)13-15-5-3-4-8-20-15)19(24)22-9-10-25-17-7-2-1-6-16(17)22/h3-5,8,14,16-17H,1-2,6-7,9-13H2/t14-,16+,17-/m0/s1. The van der Waals surface area contributed by atoms with Crippen molar-refractivity contribution in [2.75, 3.05) is 19.7 Å². The summed E-state index contributed by atoms with van der Waals surface area (Å²) < 4.78 is 5.87. The predicted molar refractivity (Wildman–Crippen MR) is 91.5 cm³/mol. The highest BCUT2D eigenvalue weighted by molar-refractivity contribution is 5.89. The highest BCUT2D eigenvalue weighted by Gasteiger charge is 2.42. The van der Waals surface area contributed by atoms with Gasteiger partial charge in [0.25, 0.3) is 0 Å². The summed E-state index contributed by atoms with van der Waals surface area (Å²) in [4.78, 5) is 33.5. The molecule has 6 nitrogen and oxygen atoms in total. The van der Waals surface area contributed by atoms with Crippen molar-refractivity contribution in [1.29, 1.82) is 0 Å². The van der Waals surface area contributed by atoms with Gasteiger partial charge in [-0.15, -0.1) is 0 Å². The van der Waals surface area contributed by atoms with Gasteiger partial charge in [-0.1, -0.05) is 18.9 Å². The lowest BCUT2D eigenvalue weighted by molar-refractivity contribution is -0.153. The van der Waals surface area contributed by atoms with E-state index >= 15 is 0 Å². The maximum Gasteiger partial charge on any atom is 0.228 e. The number of fused-ring (bicyclic) bond motifs is 1. The minimum absolute atomic E-state index is 0.0532. The summed E-state index contributed by atoms with van der Waals surface area (Å²) in [6.07, 6.45) is 6.65. The maximum atomic E-state index is 13.1. The summed E-state index contributed by atoms with van der Waals surface area (Å²) in [5.74, 6) is -0.0357. The summed E-state index contributed by atoms with van der Waals surface area (Å²) in [6.45, 7) is 2.26. The van der Waals surface area contributed by atoms with Crippen LogP contribution in [0.1, 0.15) is 37.8 Å². The van der Waals surface area contributed by atoms with Crippen LogP contribution in [0.2, 0.25) is 0 Å². The summed E-state index contributed by atoms with van der Waals surface area (Å²) in [5, 5.41) is 0. The normalized spacial score (nSPS) is 29.6. The van der Waals surface area contributed by atoms with Crippen molar-refractivity contribution in [1.82, 2.24) is 14.8 Å². The molecule has 1 aliphatic carbocycles. The molecule has 6 heteroatoms. The van der Waals surface area contributed by atoms with E-state index < -0.39 is 0 Å². The molecule has 4 rings (SSSR count). The number of nitrogens with zero attached hydrogens (tertiary/aromatic N) is 3. The molecule has 0 radical (unpaired) electrons. The number of aromatic nitrogens is 1. The quantitative estimate of drug-likeness (QED) is 0.836. The van der Waals surface area contributed by atoms with Crippen LogP contribution < -0.4 is 0 Å². The van der Waals surface area contributed by atoms with Crippen LogP contribution in [0.3, 0.4) is 0 Å². The molecule has 3 heterocycles. The summed E-state index contributed by atoms with van der Waals surface area (Å²) >= 11 is 0. The molecular weight excluding hydrogens is 318 g/mol. The number of carbonyl (C=O) groups is 2. The molecule has 0 unspecified atom stereocenters. The van der Waals surface area contributed by atoms with E-state index in [1.54, 1.807) is 11.1 Å². The van der Waals surface area contributed by atoms with Crippen LogP contribution >= 0.6 is 0 Å². The van der Waals surface area contributed by atoms with Gasteiger partial charge in [-0.3, -0.25) is 14.6 Å². The Bertz CT molecular complexity index is 634. The summed E-state index contributed by atoms with van der Waals surface area (Å²) in [5.41, 5.74) is 0.864. The average Bonchev–Trinajstić information content (AvgIpc) is 3.02. The number of likely N-dealkylation sites (tertiary alicyclic amines) is 1. The fourth-order valence-electron chi connectivity index (χ4n) is 4.38. The topological polar surface area (TPSA) is 62.7 Å². The molecule has 2 aliphatic heterocycles. The molecule has 0 spiro atoms. The monoisotopic (exact) mass is 343 g/mol. The zero-order chi connectivity index (χ0) is 17.2. The van der Waals surface area contributed by atoms with E-state index in [0.29, 0.717) is 32.7 Å². The first-order valence-electron chi connectivity index (χ1n) is 9.32. The van der Waals surface area contributed by atoms with E-state index in [2.05, 4.69) is 4.98 Å². The molecule has 0 N–H and O–H groups in total. The number of ether oxygens (including phenoxy) is 1. The van der Waals surface area contributed by atoms with E-state index in [9.17, 15) is 9.59 Å². The summed E-state index contributed by atoms with van der Waals surface area (Å²) in [7, 11) is 0. The van der Waals surface area contributed by atoms with E-state index in [-0.39, 0.29) is 29.9 Å². The first kappa shape index (κ1) is 16.5. The Balaban J connectivity index is 1.41. The molecule has 0 aromatic carbocycles. The second-order valence-electron chi connectivity index (χ2n) is 7.29. The lowest BCUT2D eigenvalue weighted by Gasteiger charge is -2.44. The molecule has 2 saturated heterocycles. The Hall–Kier alpha value is -1.95. The molecule has 3 fully saturated rings. The fourth-order valence-corrected chi connectivity index (χ4v) is 4.38. The van der Waals surface area contributed by atoms with Gasteiger partial charge < -0.3 is 14.5 Å². The first-order chi connectivity index (χ1) is 12.2. The van der Waals surface area contributed by atoms with Gasteiger partial charge in [-0.25, -0.2) is 0 Å². The molecule has 3 aliphatic rings. The number of amides is 2. The average molecular weight is 343 g/mol. The Labute approximate surface area is 148 Å². The smallest absolute Gasteiger partial charge is 0.228 e. The predicted octanol–water partition coefficient (Wildman–Crippen LogP) is 1.60. The van der Waals surface area contributed by atoms with Crippen molar-refractivity contribution in [3.8, 4) is 0 Å². The number of pyridine rings is 1. The second-order valence-corrected chi connectivity index (χ2v) is 7.29. The molecule has 25 heavy (non-hydrogen) atoms. The third-order valence-corrected chi connectivity index (χ3v) is 5.66. The van der Waals surface area contributed by atoms with Crippen LogP contribution in [-0.4, -0.2) is 58.4 Å². The highest BCUT2D eigenvalue weighted by atomic mass is 16.5. The van der Waals surface area contributed by atoms with Gasteiger partial charge in [0, 0.05) is 25.7 Å². The van der Waals surface area contributed by atoms with Gasteiger partial charge in [-0.05, 0) is 25.0 Å². The van der Waals surface area contributed by atoms with Crippen LogP contribution in [0.5, 0.6) is 0 Å². The van der Waals surface area contributed by atoms with Crippen molar-refractivity contribution < 1.29 is 14.3 Å². The lowest BCUT2D eigenvalue weighted by Crippen LogP contribution is -2.56. The molecular formula is C19H25N3O3. The van der Waals surface area contributed by atoms with Crippen LogP contribution in [-0.2, 0) is 20.9 Å². The first-order valence-corrected chi connectivity index (χ1v) is 9.32. The van der Waals surface area contributed by atoms with Gasteiger partial charge >= 0.3 is 0 Å². The van der Waals surface area contributed by atoms with E-state index in [1.165, 1.54) is 6.42 Å². The van der Waals surface area contributed by atoms with E-state index in [0.717, 1.165) is 25.0 Å². The molecule has 2 amide bonds. The number of hydrogen-bond donors (Lipinski definition) is 0. The van der Waals surface area contributed by atoms with Crippen molar-refractivity contribution in [3.63, 3.8) is 0 Å². The van der Waals surface area contributed by atoms with Crippen molar-refractivity contribution in [3.05, 3.63) is 30.1 Å². The van der Waals surface area contributed by atoms with Crippen molar-refractivity contribution >= 4 is 11.8 Å². The minimum Gasteiger partial charge on any atom is -0.374 e. The van der Waals surface area contributed by atoms with Gasteiger partial charge in [0.1, 0.15) is 0 Å². The molecule has 3 atom stereocenters. The van der Waals surface area contributed by atoms with Gasteiger partial charge in [0.15, 0.2) is 0 Å². The number of hydrogen-bond acceptors (Lipinski definition) is 4. The Morgan fingerprint density at radius 1 is 1.28 bits per heavy atom. The maximum absolute atomic E-state index is 13.1. The molecule has 134 valence electrons. The van der Waals surface area contributed by atoms with Crippen molar-refractivity contribution in [2.45, 2.75) is 50.8 Å². The van der Waals surface area contributed by atoms with Crippen LogP contribution in [0.4, 0.5) is 0 Å². The van der Waals surface area contributed by atoms with Crippen LogP contribution in [0, 0.1) is 5.92 Å². The molecule has 1 saturated carbocycles. The lowest BCUT2D eigenvalue weighted by atomic mass is 9.89. The molecule has 1 aromatic heterocycles. The van der Waals surface area contributed by atoms with Gasteiger partial charge in [0.05, 0.1) is 36.9 Å². The van der Waals surface area contributed by atoms with Crippen LogP contribution in [0.25, 0.3) is 0 Å². The zero-order valence-corrected chi connectivity index (χ0v) is 14.5. The van der Waals surface area contributed by atoms with Gasteiger partial charge in [0.2, 0.25) is 11.8 Å². The third-order valence-electron chi connectivity index (χ3n) is 5.66. The van der Waals surface area contributed by atoms with E-state index in [4.69, 9.17) is 4.74 Å². The second kappa shape index (κ2) is 7.12. The number of carbonyl (C=O) groups excluding carboxylic acids is 2. The summed E-state index contributed by atoms with van der Waals surface area (Å²) in [6, 6.07) is 5.90. The Morgan fingerprint density at radius 2 is 2.16 bits per heavy atom. The zero-order valence-electron chi connectivity index (χ0n) is 14.5. The van der Waals surface area contributed by atoms with Gasteiger partial charge in [-0.2, -0.15) is 0 Å². The molecule has 1 aromatic rings. The highest BCUT2D eigenvalue weighted by Crippen LogP contribution is 2.31. The third kappa shape index (κ3) is 3.40. The number of rotatable bonds is 3. The number of morpholine rings is 1. The SMILES string of the molecule is O=C1C[C@H](C(=O)N2CCO[C@H]3CCCC[C@H]32)CN1Cc1ccccn1. The minimum atomic E-state index is -0.225. The van der Waals surface area contributed by atoms with E-state index in [1.807, 2.05) is 23.1 Å².